The fourth-order valence-corrected chi connectivity index (χ4v) is 5.49. The van der Waals surface area contributed by atoms with Crippen LogP contribution >= 0.6 is 0 Å². The molecule has 29 heavy (non-hydrogen) atoms. The van der Waals surface area contributed by atoms with E-state index in [0.29, 0.717) is 5.91 Å². The lowest BCUT2D eigenvalue weighted by Gasteiger charge is -2.37. The summed E-state index contributed by atoms with van der Waals surface area (Å²) in [4.78, 5) is 30.2. The van der Waals surface area contributed by atoms with E-state index in [2.05, 4.69) is 42.1 Å². The van der Waals surface area contributed by atoms with Crippen LogP contribution in [0.1, 0.15) is 56.1 Å². The van der Waals surface area contributed by atoms with Crippen molar-refractivity contribution < 1.29 is 9.59 Å². The van der Waals surface area contributed by atoms with Crippen LogP contribution < -0.4 is 5.32 Å². The van der Waals surface area contributed by atoms with Crippen molar-refractivity contribution in [3.05, 3.63) is 29.3 Å². The van der Waals surface area contributed by atoms with Gasteiger partial charge in [0.1, 0.15) is 0 Å². The summed E-state index contributed by atoms with van der Waals surface area (Å²) >= 11 is 0. The molecule has 1 saturated carbocycles. The van der Waals surface area contributed by atoms with E-state index >= 15 is 0 Å². The fourth-order valence-electron chi connectivity index (χ4n) is 5.49. The second-order valence-corrected chi connectivity index (χ2v) is 9.66. The Morgan fingerprint density at radius 1 is 1.00 bits per heavy atom. The third-order valence-corrected chi connectivity index (χ3v) is 7.37. The van der Waals surface area contributed by atoms with Crippen molar-refractivity contribution in [3.63, 3.8) is 0 Å². The van der Waals surface area contributed by atoms with Crippen LogP contribution in [0.4, 0.5) is 5.69 Å². The van der Waals surface area contributed by atoms with Gasteiger partial charge in [-0.25, -0.2) is 0 Å². The first-order chi connectivity index (χ1) is 13.9. The highest BCUT2D eigenvalue weighted by Gasteiger charge is 2.58. The highest BCUT2D eigenvalue weighted by atomic mass is 16.2. The van der Waals surface area contributed by atoms with Crippen molar-refractivity contribution in [2.45, 2.75) is 64.8 Å². The first-order valence-corrected chi connectivity index (χ1v) is 11.3. The van der Waals surface area contributed by atoms with Crippen molar-refractivity contribution in [2.24, 2.45) is 11.3 Å². The Labute approximate surface area is 174 Å². The molecule has 158 valence electrons. The molecule has 2 aliphatic heterocycles. The van der Waals surface area contributed by atoms with Gasteiger partial charge in [-0.3, -0.25) is 14.5 Å². The summed E-state index contributed by atoms with van der Waals surface area (Å²) in [5, 5.41) is 3.13. The Kier molecular flexibility index (Phi) is 5.69. The molecule has 1 aromatic carbocycles. The first-order valence-electron chi connectivity index (χ1n) is 11.3. The predicted octanol–water partition coefficient (Wildman–Crippen LogP) is 3.75. The molecule has 3 fully saturated rings. The monoisotopic (exact) mass is 397 g/mol. The number of rotatable bonds is 3. The molecule has 2 atom stereocenters. The molecule has 5 heteroatoms. The highest BCUT2D eigenvalue weighted by molar-refractivity contribution is 5.95. The normalized spacial score (nSPS) is 26.8. The molecule has 2 amide bonds. The van der Waals surface area contributed by atoms with Gasteiger partial charge in [-0.15, -0.1) is 0 Å². The zero-order chi connectivity index (χ0) is 20.6. The highest BCUT2D eigenvalue weighted by Crippen LogP contribution is 2.59. The van der Waals surface area contributed by atoms with Gasteiger partial charge < -0.3 is 10.2 Å². The molecule has 0 unspecified atom stereocenters. The maximum absolute atomic E-state index is 13.1. The number of carbonyl (C=O) groups is 2. The summed E-state index contributed by atoms with van der Waals surface area (Å²) in [6, 6.07) is 6.23. The zero-order valence-electron chi connectivity index (χ0n) is 18.2. The molecule has 4 rings (SSSR count). The molecule has 1 spiro atoms. The van der Waals surface area contributed by atoms with Gasteiger partial charge in [0.2, 0.25) is 11.8 Å². The summed E-state index contributed by atoms with van der Waals surface area (Å²) in [5.41, 5.74) is 3.36. The lowest BCUT2D eigenvalue weighted by Crippen LogP contribution is -2.50. The Morgan fingerprint density at radius 2 is 1.69 bits per heavy atom. The Balaban J connectivity index is 1.31. The number of hydrogen-bond donors (Lipinski definition) is 1. The van der Waals surface area contributed by atoms with E-state index in [1.165, 1.54) is 24.0 Å². The number of anilines is 1. The van der Waals surface area contributed by atoms with E-state index in [1.807, 2.05) is 12.1 Å². The van der Waals surface area contributed by atoms with Crippen LogP contribution in [0.3, 0.4) is 0 Å². The van der Waals surface area contributed by atoms with Gasteiger partial charge in [-0.1, -0.05) is 18.9 Å². The number of amides is 2. The Hall–Kier alpha value is -1.88. The molecule has 0 radical (unpaired) electrons. The Morgan fingerprint density at radius 3 is 2.38 bits per heavy atom. The Bertz CT molecular complexity index is 762. The molecule has 2 saturated heterocycles. The summed E-state index contributed by atoms with van der Waals surface area (Å²) in [5.74, 6) is 0.556. The van der Waals surface area contributed by atoms with Gasteiger partial charge in [0.25, 0.3) is 0 Å². The standard InChI is InChI=1S/C24H35N3O2/c1-17-13-18(2)15-19(14-17)25-22(28)20-16-24(20)8-11-27(12-9-24)23(29)21-7-5-4-6-10-26(21)3/h13-15,20-21H,4-12,16H2,1-3H3,(H,25,28)/t20-,21-/m0/s1. The summed E-state index contributed by atoms with van der Waals surface area (Å²) in [7, 11) is 2.09. The van der Waals surface area contributed by atoms with Gasteiger partial charge in [-0.2, -0.15) is 0 Å². The number of nitrogens with one attached hydrogen (secondary N) is 1. The molecule has 3 aliphatic rings. The van der Waals surface area contributed by atoms with Gasteiger partial charge in [0.15, 0.2) is 0 Å². The molecule has 0 aromatic heterocycles. The van der Waals surface area contributed by atoms with E-state index in [0.717, 1.165) is 57.4 Å². The molecule has 5 nitrogen and oxygen atoms in total. The fraction of sp³-hybridized carbons (Fsp3) is 0.667. The van der Waals surface area contributed by atoms with Gasteiger partial charge >= 0.3 is 0 Å². The predicted molar refractivity (Wildman–Crippen MR) is 116 cm³/mol. The van der Waals surface area contributed by atoms with Gasteiger partial charge in [0.05, 0.1) is 6.04 Å². The third-order valence-electron chi connectivity index (χ3n) is 7.37. The second-order valence-electron chi connectivity index (χ2n) is 9.66. The average Bonchev–Trinajstić information content (AvgIpc) is 3.41. The van der Waals surface area contributed by atoms with Crippen molar-refractivity contribution >= 4 is 17.5 Å². The number of carbonyl (C=O) groups excluding carboxylic acids is 2. The number of aryl methyl sites for hydroxylation is 2. The minimum absolute atomic E-state index is 0.0504. The maximum atomic E-state index is 13.1. The molecule has 1 aromatic rings. The SMILES string of the molecule is Cc1cc(C)cc(NC(=O)[C@@H]2CC23CCN(C(=O)[C@@H]2CCCCCN2C)CC3)c1. The number of hydrogen-bond acceptors (Lipinski definition) is 3. The lowest BCUT2D eigenvalue weighted by molar-refractivity contribution is -0.138. The topological polar surface area (TPSA) is 52.7 Å². The number of nitrogens with zero attached hydrogens (tertiary/aromatic N) is 2. The number of likely N-dealkylation sites (N-methyl/N-ethyl adjacent to an activating group) is 1. The smallest absolute Gasteiger partial charge is 0.239 e. The first kappa shape index (κ1) is 20.4. The minimum atomic E-state index is 0.0504. The van der Waals surface area contributed by atoms with Crippen LogP contribution in [-0.2, 0) is 9.59 Å². The largest absolute Gasteiger partial charge is 0.341 e. The molecular weight excluding hydrogens is 362 g/mol. The van der Waals surface area contributed by atoms with Crippen LogP contribution in [0.2, 0.25) is 0 Å². The maximum Gasteiger partial charge on any atom is 0.239 e. The van der Waals surface area contributed by atoms with Crippen LogP contribution in [0, 0.1) is 25.2 Å². The van der Waals surface area contributed by atoms with Gasteiger partial charge in [-0.05, 0) is 88.2 Å². The van der Waals surface area contributed by atoms with Crippen molar-refractivity contribution in [3.8, 4) is 0 Å². The number of piperidine rings is 1. The minimum Gasteiger partial charge on any atom is -0.341 e. The summed E-state index contributed by atoms with van der Waals surface area (Å²) in [6.07, 6.45) is 7.45. The van der Waals surface area contributed by atoms with E-state index in [4.69, 9.17) is 0 Å². The average molecular weight is 398 g/mol. The molecule has 1 aliphatic carbocycles. The quantitative estimate of drug-likeness (QED) is 0.845. The van der Waals surface area contributed by atoms with Crippen molar-refractivity contribution in [1.82, 2.24) is 9.80 Å². The second kappa shape index (κ2) is 8.10. The van der Waals surface area contributed by atoms with E-state index < -0.39 is 0 Å². The van der Waals surface area contributed by atoms with Crippen LogP contribution in [0.5, 0.6) is 0 Å². The van der Waals surface area contributed by atoms with Crippen LogP contribution in [-0.4, -0.2) is 54.3 Å². The molecule has 0 bridgehead atoms. The van der Waals surface area contributed by atoms with Crippen LogP contribution in [0.15, 0.2) is 18.2 Å². The van der Waals surface area contributed by atoms with Crippen LogP contribution in [0.25, 0.3) is 0 Å². The number of benzene rings is 1. The van der Waals surface area contributed by atoms with E-state index in [9.17, 15) is 9.59 Å². The molecule has 2 heterocycles. The summed E-state index contributed by atoms with van der Waals surface area (Å²) < 4.78 is 0. The molecule has 1 N–H and O–H groups in total. The molecular formula is C24H35N3O2. The number of likely N-dealkylation sites (tertiary alicyclic amines) is 2. The van der Waals surface area contributed by atoms with E-state index in [1.54, 1.807) is 0 Å². The third kappa shape index (κ3) is 4.35. The summed E-state index contributed by atoms with van der Waals surface area (Å²) in [6.45, 7) is 6.74. The van der Waals surface area contributed by atoms with E-state index in [-0.39, 0.29) is 23.3 Å². The lowest BCUT2D eigenvalue weighted by atomic mass is 9.90. The van der Waals surface area contributed by atoms with Crippen molar-refractivity contribution in [2.75, 3.05) is 32.0 Å². The zero-order valence-corrected chi connectivity index (χ0v) is 18.2. The van der Waals surface area contributed by atoms with Crippen molar-refractivity contribution in [1.29, 1.82) is 0 Å². The van der Waals surface area contributed by atoms with Gasteiger partial charge in [0, 0.05) is 24.7 Å².